The Hall–Kier alpha value is -4.43. The molecule has 0 saturated carbocycles. The van der Waals surface area contributed by atoms with Crippen LogP contribution in [-0.4, -0.2) is 76.3 Å². The fourth-order valence-corrected chi connectivity index (χ4v) is 3.66. The molecule has 0 aliphatic heterocycles. The topological polar surface area (TPSA) is 227 Å². The molecule has 0 spiro atoms. The van der Waals surface area contributed by atoms with Gasteiger partial charge in [0.2, 0.25) is 17.5 Å². The van der Waals surface area contributed by atoms with Crippen molar-refractivity contribution in [1.29, 1.82) is 0 Å². The third-order valence-corrected chi connectivity index (χ3v) is 5.85. The summed E-state index contributed by atoms with van der Waals surface area (Å²) < 4.78 is 0. The molecule has 40 heavy (non-hydrogen) atoms. The average molecular weight is 556 g/mol. The number of aromatic amines is 1. The quantitative estimate of drug-likeness (QED) is 0.0367. The van der Waals surface area contributed by atoms with Crippen LogP contribution in [-0.2, 0) is 36.8 Å². The number of H-pyrrole nitrogens is 1. The van der Waals surface area contributed by atoms with Crippen molar-refractivity contribution in [3.63, 3.8) is 0 Å². The van der Waals surface area contributed by atoms with Crippen molar-refractivity contribution in [2.45, 2.75) is 57.7 Å². The van der Waals surface area contributed by atoms with E-state index in [1.165, 1.54) is 19.4 Å². The van der Waals surface area contributed by atoms with E-state index in [-0.39, 0.29) is 31.9 Å². The Morgan fingerprint density at radius 2 is 1.75 bits per heavy atom. The number of guanidine groups is 1. The molecule has 0 fully saturated rings. The van der Waals surface area contributed by atoms with Gasteiger partial charge in [-0.25, -0.2) is 15.8 Å². The SMILES string of the molecule is CC(=O)C(=O)[C@H](CCCN=C(N)N)NC(=O)[C@H](Cc1cnc[nH]1)NN[C@@H](C)C(=O)C(=O)NCCc1ccccc1. The van der Waals surface area contributed by atoms with Gasteiger partial charge in [-0.15, -0.1) is 0 Å². The van der Waals surface area contributed by atoms with Gasteiger partial charge in [-0.3, -0.25) is 29.0 Å². The molecular weight excluding hydrogens is 518 g/mol. The molecule has 216 valence electrons. The summed E-state index contributed by atoms with van der Waals surface area (Å²) in [5, 5.41) is 5.19. The molecule has 2 rings (SSSR count). The molecule has 3 atom stereocenters. The lowest BCUT2D eigenvalue weighted by molar-refractivity contribution is -0.139. The highest BCUT2D eigenvalue weighted by Crippen LogP contribution is 2.05. The Morgan fingerprint density at radius 1 is 1.02 bits per heavy atom. The molecule has 1 aromatic heterocycles. The van der Waals surface area contributed by atoms with Crippen LogP contribution in [0.3, 0.4) is 0 Å². The van der Waals surface area contributed by atoms with Crippen molar-refractivity contribution in [3.05, 3.63) is 54.1 Å². The minimum Gasteiger partial charge on any atom is -0.370 e. The van der Waals surface area contributed by atoms with Crippen LogP contribution in [0.25, 0.3) is 0 Å². The van der Waals surface area contributed by atoms with Gasteiger partial charge in [0.05, 0.1) is 18.4 Å². The molecule has 2 amide bonds. The lowest BCUT2D eigenvalue weighted by Gasteiger charge is -2.24. The number of Topliss-reactive ketones (excluding diaryl/α,β-unsaturated/α-hetero) is 3. The summed E-state index contributed by atoms with van der Waals surface area (Å²) in [6.07, 6.45) is 4.09. The van der Waals surface area contributed by atoms with Crippen molar-refractivity contribution in [3.8, 4) is 0 Å². The first-order valence-electron chi connectivity index (χ1n) is 12.8. The number of ketones is 3. The van der Waals surface area contributed by atoms with E-state index in [1.807, 2.05) is 30.3 Å². The van der Waals surface area contributed by atoms with Gasteiger partial charge in [0.1, 0.15) is 6.04 Å². The van der Waals surface area contributed by atoms with Gasteiger partial charge in [-0.2, -0.15) is 0 Å². The van der Waals surface area contributed by atoms with E-state index in [0.29, 0.717) is 18.5 Å². The molecule has 0 bridgehead atoms. The maximum absolute atomic E-state index is 13.2. The lowest BCUT2D eigenvalue weighted by atomic mass is 10.0. The van der Waals surface area contributed by atoms with Gasteiger partial charge < -0.3 is 27.1 Å². The number of carbonyl (C=O) groups is 5. The van der Waals surface area contributed by atoms with Crippen LogP contribution < -0.4 is 33.0 Å². The molecule has 9 N–H and O–H groups in total. The van der Waals surface area contributed by atoms with Crippen LogP contribution in [0.1, 0.15) is 37.9 Å². The summed E-state index contributed by atoms with van der Waals surface area (Å²) >= 11 is 0. The van der Waals surface area contributed by atoms with E-state index < -0.39 is 47.3 Å². The van der Waals surface area contributed by atoms with E-state index >= 15 is 0 Å². The van der Waals surface area contributed by atoms with E-state index in [4.69, 9.17) is 11.5 Å². The largest absolute Gasteiger partial charge is 0.370 e. The maximum atomic E-state index is 13.2. The zero-order valence-corrected chi connectivity index (χ0v) is 22.6. The van der Waals surface area contributed by atoms with Gasteiger partial charge in [0.15, 0.2) is 11.7 Å². The number of carbonyl (C=O) groups excluding carboxylic acids is 5. The first kappa shape index (κ1) is 31.8. The van der Waals surface area contributed by atoms with Crippen molar-refractivity contribution in [2.24, 2.45) is 16.5 Å². The first-order valence-corrected chi connectivity index (χ1v) is 12.8. The Morgan fingerprint density at radius 3 is 2.38 bits per heavy atom. The highest BCUT2D eigenvalue weighted by molar-refractivity contribution is 6.38. The fraction of sp³-hybridized carbons (Fsp3) is 0.423. The summed E-state index contributed by atoms with van der Waals surface area (Å²) in [4.78, 5) is 73.0. The maximum Gasteiger partial charge on any atom is 0.289 e. The normalized spacial score (nSPS) is 12.9. The summed E-state index contributed by atoms with van der Waals surface area (Å²) in [5.74, 6) is -3.69. The molecule has 0 saturated heterocycles. The highest BCUT2D eigenvalue weighted by atomic mass is 16.2. The minimum absolute atomic E-state index is 0.0952. The second kappa shape index (κ2) is 16.5. The van der Waals surface area contributed by atoms with Crippen molar-refractivity contribution in [2.75, 3.05) is 13.1 Å². The Kier molecular flexibility index (Phi) is 13.1. The van der Waals surface area contributed by atoms with Crippen LogP contribution in [0.2, 0.25) is 0 Å². The van der Waals surface area contributed by atoms with Crippen LogP contribution in [0, 0.1) is 0 Å². The van der Waals surface area contributed by atoms with Crippen LogP contribution in [0.4, 0.5) is 0 Å². The number of hydrogen-bond acceptors (Lipinski definition) is 9. The Bertz CT molecular complexity index is 1160. The number of aliphatic imine (C=N–C) groups is 1. The zero-order chi connectivity index (χ0) is 29.5. The number of nitrogens with two attached hydrogens (primary N) is 2. The first-order chi connectivity index (χ1) is 19.1. The zero-order valence-electron chi connectivity index (χ0n) is 22.6. The second-order valence-corrected chi connectivity index (χ2v) is 9.13. The number of rotatable bonds is 18. The van der Waals surface area contributed by atoms with Gasteiger partial charge in [0, 0.05) is 38.3 Å². The molecule has 0 radical (unpaired) electrons. The van der Waals surface area contributed by atoms with E-state index in [9.17, 15) is 24.0 Å². The van der Waals surface area contributed by atoms with Gasteiger partial charge >= 0.3 is 0 Å². The Labute approximate surface area is 232 Å². The molecular formula is C26H37N9O5. The summed E-state index contributed by atoms with van der Waals surface area (Å²) in [7, 11) is 0. The number of amides is 2. The van der Waals surface area contributed by atoms with Crippen LogP contribution in [0.15, 0.2) is 47.8 Å². The summed E-state index contributed by atoms with van der Waals surface area (Å²) in [6, 6.07) is 6.43. The van der Waals surface area contributed by atoms with Gasteiger partial charge in [0.25, 0.3) is 5.91 Å². The second-order valence-electron chi connectivity index (χ2n) is 9.13. The minimum atomic E-state index is -1.10. The van der Waals surface area contributed by atoms with E-state index in [2.05, 4.69) is 36.4 Å². The highest BCUT2D eigenvalue weighted by Gasteiger charge is 2.29. The third-order valence-electron chi connectivity index (χ3n) is 5.85. The number of nitrogens with one attached hydrogen (secondary N) is 5. The molecule has 0 aliphatic carbocycles. The van der Waals surface area contributed by atoms with Crippen molar-refractivity contribution >= 4 is 35.1 Å². The van der Waals surface area contributed by atoms with E-state index in [0.717, 1.165) is 12.5 Å². The summed E-state index contributed by atoms with van der Waals surface area (Å²) in [5.41, 5.74) is 17.7. The van der Waals surface area contributed by atoms with E-state index in [1.54, 1.807) is 0 Å². The molecule has 0 unspecified atom stereocenters. The monoisotopic (exact) mass is 555 g/mol. The third kappa shape index (κ3) is 11.1. The molecule has 0 aliphatic rings. The molecule has 14 nitrogen and oxygen atoms in total. The predicted octanol–water partition coefficient (Wildman–Crippen LogP) is -1.57. The molecule has 14 heteroatoms. The van der Waals surface area contributed by atoms with Crippen molar-refractivity contribution < 1.29 is 24.0 Å². The number of imidazole rings is 1. The standard InChI is InChI=1S/C26H37N9O5/c1-16(22(37)25(40)30-12-10-18-7-4-3-5-8-18)34-35-21(13-19-14-29-15-32-19)24(39)33-20(23(38)17(2)36)9-6-11-31-26(27)28/h3-5,7-8,14-16,20-21,34-35H,6,9-13H2,1-2H3,(H,29,32)(H,30,40)(H,33,39)(H4,27,28,31)/t16-,20-,21-/m0/s1. The predicted molar refractivity (Wildman–Crippen MR) is 148 cm³/mol. The number of nitrogens with zero attached hydrogens (tertiary/aromatic N) is 2. The number of aromatic nitrogens is 2. The lowest BCUT2D eigenvalue weighted by Crippen LogP contribution is -2.58. The number of hydrogen-bond donors (Lipinski definition) is 7. The van der Waals surface area contributed by atoms with Crippen molar-refractivity contribution in [1.82, 2.24) is 31.5 Å². The molecule has 2 aromatic rings. The van der Waals surface area contributed by atoms with Crippen LogP contribution in [0.5, 0.6) is 0 Å². The van der Waals surface area contributed by atoms with Gasteiger partial charge in [-0.05, 0) is 31.7 Å². The average Bonchev–Trinajstić information content (AvgIpc) is 3.45. The smallest absolute Gasteiger partial charge is 0.289 e. The molecule has 1 heterocycles. The number of benzene rings is 1. The molecule has 1 aromatic carbocycles. The Balaban J connectivity index is 1.99. The fourth-order valence-electron chi connectivity index (χ4n) is 3.66. The van der Waals surface area contributed by atoms with Crippen LogP contribution >= 0.6 is 0 Å². The number of hydrazine groups is 1. The van der Waals surface area contributed by atoms with Gasteiger partial charge in [-0.1, -0.05) is 30.3 Å². The summed E-state index contributed by atoms with van der Waals surface area (Å²) in [6.45, 7) is 3.10.